The van der Waals surface area contributed by atoms with E-state index in [-0.39, 0.29) is 23.7 Å². The summed E-state index contributed by atoms with van der Waals surface area (Å²) in [6.07, 6.45) is -6.54. The van der Waals surface area contributed by atoms with Crippen LogP contribution in [-0.4, -0.2) is 70.7 Å². The SMILES string of the molecule is COC(=O)c1ccc(-c2ccc(O[C@H]3O[C@H](COP(=O)([O-])[O-])[C@@H](O)[C@H](O)[C@@H]3O)cc2)cn1.[NH4+].[NH4+]. The van der Waals surface area contributed by atoms with Gasteiger partial charge in [-0.25, -0.2) is 9.78 Å². The molecule has 15 heteroatoms. The summed E-state index contributed by atoms with van der Waals surface area (Å²) < 4.78 is 30.1. The van der Waals surface area contributed by atoms with E-state index in [9.17, 15) is 34.5 Å². The Kier molecular flexibility index (Phi) is 10.7. The second-order valence-electron chi connectivity index (χ2n) is 6.82. The van der Waals surface area contributed by atoms with Gasteiger partial charge in [0.1, 0.15) is 35.9 Å². The van der Waals surface area contributed by atoms with Crippen molar-refractivity contribution in [3.05, 3.63) is 48.3 Å². The van der Waals surface area contributed by atoms with E-state index in [1.54, 1.807) is 18.2 Å². The first-order chi connectivity index (χ1) is 15.1. The van der Waals surface area contributed by atoms with Crippen LogP contribution in [0.15, 0.2) is 42.6 Å². The minimum Gasteiger partial charge on any atom is -0.790 e. The van der Waals surface area contributed by atoms with Crippen LogP contribution < -0.4 is 26.8 Å². The number of carbonyl (C=O) groups is 1. The van der Waals surface area contributed by atoms with Gasteiger partial charge in [0.25, 0.3) is 0 Å². The molecule has 0 spiro atoms. The molecule has 1 saturated heterocycles. The molecule has 190 valence electrons. The van der Waals surface area contributed by atoms with Gasteiger partial charge in [0, 0.05) is 11.8 Å². The molecule has 0 amide bonds. The van der Waals surface area contributed by atoms with Crippen molar-refractivity contribution < 1.29 is 53.2 Å². The van der Waals surface area contributed by atoms with Crippen molar-refractivity contribution in [1.82, 2.24) is 17.3 Å². The summed E-state index contributed by atoms with van der Waals surface area (Å²) in [5, 5.41) is 30.0. The predicted molar refractivity (Wildman–Crippen MR) is 114 cm³/mol. The highest BCUT2D eigenvalue weighted by molar-refractivity contribution is 7.43. The lowest BCUT2D eigenvalue weighted by atomic mass is 9.99. The number of quaternary nitrogens is 2. The molecule has 1 fully saturated rings. The molecule has 5 atom stereocenters. The molecule has 2 aromatic rings. The quantitative estimate of drug-likeness (QED) is 0.231. The molecule has 3 rings (SSSR count). The zero-order chi connectivity index (χ0) is 23.5. The number of benzene rings is 1. The van der Waals surface area contributed by atoms with E-state index in [1.807, 2.05) is 0 Å². The Labute approximate surface area is 194 Å². The highest BCUT2D eigenvalue weighted by atomic mass is 31.2. The highest BCUT2D eigenvalue weighted by Gasteiger charge is 2.45. The van der Waals surface area contributed by atoms with Crippen LogP contribution in [0.3, 0.4) is 0 Å². The van der Waals surface area contributed by atoms with Crippen molar-refractivity contribution in [2.24, 2.45) is 0 Å². The zero-order valence-corrected chi connectivity index (χ0v) is 19.5. The first kappa shape index (κ1) is 29.5. The number of carbonyl (C=O) groups excluding carboxylic acids is 1. The summed E-state index contributed by atoms with van der Waals surface area (Å²) >= 11 is 0. The van der Waals surface area contributed by atoms with Crippen LogP contribution in [0.1, 0.15) is 10.5 Å². The van der Waals surface area contributed by atoms with Gasteiger partial charge >= 0.3 is 5.97 Å². The number of hydrogen-bond donors (Lipinski definition) is 5. The summed E-state index contributed by atoms with van der Waals surface area (Å²) in [5.74, 6) is -0.339. The Balaban J connectivity index is 0.00000289. The minimum absolute atomic E-state index is 0. The number of phosphoric acid groups is 1. The van der Waals surface area contributed by atoms with Gasteiger partial charge in [0.05, 0.1) is 21.5 Å². The number of pyridine rings is 1. The van der Waals surface area contributed by atoms with Gasteiger partial charge in [-0.3, -0.25) is 0 Å². The van der Waals surface area contributed by atoms with E-state index in [0.717, 1.165) is 5.56 Å². The van der Waals surface area contributed by atoms with Crippen molar-refractivity contribution in [2.75, 3.05) is 13.7 Å². The van der Waals surface area contributed by atoms with Gasteiger partial charge in [0.15, 0.2) is 0 Å². The lowest BCUT2D eigenvalue weighted by Gasteiger charge is -2.41. The molecule has 0 saturated carbocycles. The van der Waals surface area contributed by atoms with Gasteiger partial charge in [-0.2, -0.15) is 0 Å². The lowest BCUT2D eigenvalue weighted by Crippen LogP contribution is -2.60. The van der Waals surface area contributed by atoms with Crippen LogP contribution >= 0.6 is 7.82 Å². The van der Waals surface area contributed by atoms with Crippen LogP contribution in [0, 0.1) is 0 Å². The number of methoxy groups -OCH3 is 1. The van der Waals surface area contributed by atoms with E-state index in [0.29, 0.717) is 5.56 Å². The highest BCUT2D eigenvalue weighted by Crippen LogP contribution is 2.30. The molecule has 14 nitrogen and oxygen atoms in total. The second-order valence-corrected chi connectivity index (χ2v) is 7.98. The number of aromatic nitrogens is 1. The number of rotatable bonds is 7. The maximum atomic E-state index is 11.5. The summed E-state index contributed by atoms with van der Waals surface area (Å²) in [7, 11) is -4.08. The molecule has 34 heavy (non-hydrogen) atoms. The molecule has 1 aromatic carbocycles. The predicted octanol–water partition coefficient (Wildman–Crippen LogP) is -0.681. The summed E-state index contributed by atoms with van der Waals surface area (Å²) in [6.45, 7) is -0.859. The number of hydrogen-bond acceptors (Lipinski definition) is 12. The van der Waals surface area contributed by atoms with E-state index in [2.05, 4.69) is 14.2 Å². The van der Waals surface area contributed by atoms with Crippen LogP contribution in [0.2, 0.25) is 0 Å². The van der Waals surface area contributed by atoms with Gasteiger partial charge in [-0.15, -0.1) is 0 Å². The fraction of sp³-hybridized carbons (Fsp3) is 0.368. The molecular formula is C19H28N3O11P. The van der Waals surface area contributed by atoms with Crippen molar-refractivity contribution >= 4 is 13.8 Å². The van der Waals surface area contributed by atoms with Gasteiger partial charge in [-0.1, -0.05) is 18.2 Å². The number of nitrogens with zero attached hydrogens (tertiary/aromatic N) is 1. The Morgan fingerprint density at radius 2 is 1.65 bits per heavy atom. The van der Waals surface area contributed by atoms with Crippen molar-refractivity contribution in [1.29, 1.82) is 0 Å². The molecule has 1 aromatic heterocycles. The number of ether oxygens (including phenoxy) is 3. The number of aliphatic hydroxyl groups is 3. The van der Waals surface area contributed by atoms with Gasteiger partial charge in [0.2, 0.25) is 6.29 Å². The molecule has 1 aliphatic rings. The normalized spacial score (nSPS) is 24.4. The van der Waals surface area contributed by atoms with Gasteiger partial charge < -0.3 is 60.7 Å². The van der Waals surface area contributed by atoms with E-state index in [1.165, 1.54) is 31.5 Å². The largest absolute Gasteiger partial charge is 0.790 e. The first-order valence-electron chi connectivity index (χ1n) is 9.27. The van der Waals surface area contributed by atoms with Crippen LogP contribution in [0.4, 0.5) is 0 Å². The van der Waals surface area contributed by atoms with Crippen molar-refractivity contribution in [3.8, 4) is 16.9 Å². The Hall–Kier alpha value is -2.49. The number of phosphoric ester groups is 1. The third-order valence-electron chi connectivity index (χ3n) is 4.66. The zero-order valence-electron chi connectivity index (χ0n) is 18.6. The van der Waals surface area contributed by atoms with Crippen LogP contribution in [0.25, 0.3) is 11.1 Å². The van der Waals surface area contributed by atoms with Crippen molar-refractivity contribution in [2.45, 2.75) is 30.7 Å². The molecule has 0 aliphatic carbocycles. The van der Waals surface area contributed by atoms with E-state index < -0.39 is 51.1 Å². The average Bonchev–Trinajstić information content (AvgIpc) is 2.78. The summed E-state index contributed by atoms with van der Waals surface area (Å²) in [5.41, 5.74) is 1.59. The molecule has 0 radical (unpaired) electrons. The summed E-state index contributed by atoms with van der Waals surface area (Å²) in [6, 6.07) is 9.58. The fourth-order valence-electron chi connectivity index (χ4n) is 2.97. The van der Waals surface area contributed by atoms with E-state index in [4.69, 9.17) is 9.47 Å². The van der Waals surface area contributed by atoms with Gasteiger partial charge in [-0.05, 0) is 23.8 Å². The summed E-state index contributed by atoms with van der Waals surface area (Å²) in [4.78, 5) is 36.8. The number of aliphatic hydroxyl groups excluding tert-OH is 3. The maximum Gasteiger partial charge on any atom is 0.356 e. The third kappa shape index (κ3) is 7.25. The second kappa shape index (κ2) is 12.3. The molecule has 1 aliphatic heterocycles. The number of esters is 1. The van der Waals surface area contributed by atoms with Crippen molar-refractivity contribution in [3.63, 3.8) is 0 Å². The smallest absolute Gasteiger partial charge is 0.356 e. The average molecular weight is 505 g/mol. The molecule has 0 bridgehead atoms. The monoisotopic (exact) mass is 505 g/mol. The molecular weight excluding hydrogens is 477 g/mol. The first-order valence-corrected chi connectivity index (χ1v) is 10.7. The minimum atomic E-state index is -5.33. The van der Waals surface area contributed by atoms with E-state index >= 15 is 0 Å². The molecule has 2 heterocycles. The van der Waals surface area contributed by atoms with Crippen LogP contribution in [-0.2, 0) is 18.6 Å². The Bertz CT molecular complexity index is 970. The molecule has 11 N–H and O–H groups in total. The maximum absolute atomic E-state index is 11.5. The Morgan fingerprint density at radius 3 is 2.18 bits per heavy atom. The standard InChI is InChI=1S/C19H22NO11P.2H3N/c1-28-18(24)13-7-4-11(8-20-13)10-2-5-12(6-3-10)30-19-17(23)16(22)15(21)14(31-19)9-29-32(25,26)27;;/h2-8,14-17,19,21-23H,9H2,1H3,(H2,25,26,27);2*1H3/t14-,15-,16+,17+,19+;;/m1../s1. The topological polar surface area (TPSA) is 264 Å². The fourth-order valence-corrected chi connectivity index (χ4v) is 3.30. The lowest BCUT2D eigenvalue weighted by molar-refractivity contribution is -0.346. The Morgan fingerprint density at radius 1 is 1.03 bits per heavy atom. The third-order valence-corrected chi connectivity index (χ3v) is 5.13. The van der Waals surface area contributed by atoms with Crippen LogP contribution in [0.5, 0.6) is 5.75 Å². The molecule has 0 unspecified atom stereocenters.